The number of piperazine rings is 1. The van der Waals surface area contributed by atoms with Crippen molar-refractivity contribution in [3.63, 3.8) is 0 Å². The first-order valence-electron chi connectivity index (χ1n) is 7.78. The predicted molar refractivity (Wildman–Crippen MR) is 97.1 cm³/mol. The third-order valence-corrected chi connectivity index (χ3v) is 4.38. The summed E-state index contributed by atoms with van der Waals surface area (Å²) in [5.74, 6) is -0.0278. The minimum Gasteiger partial charge on any atom is -0.444 e. The van der Waals surface area contributed by atoms with Crippen LogP contribution in [0.2, 0.25) is 5.02 Å². The first-order chi connectivity index (χ1) is 11.1. The van der Waals surface area contributed by atoms with Crippen LogP contribution >= 0.6 is 27.5 Å². The average Bonchev–Trinajstić information content (AvgIpc) is 2.43. The normalized spacial score (nSPS) is 18.5. The van der Waals surface area contributed by atoms with E-state index in [1.165, 1.54) is 6.92 Å². The number of amides is 2. The second-order valence-electron chi connectivity index (χ2n) is 6.86. The number of carbonyl (C=O) groups excluding carboxylic acids is 2. The number of benzene rings is 1. The van der Waals surface area contributed by atoms with Crippen molar-refractivity contribution in [2.45, 2.75) is 39.3 Å². The highest BCUT2D eigenvalue weighted by molar-refractivity contribution is 9.10. The van der Waals surface area contributed by atoms with E-state index in [-0.39, 0.29) is 18.0 Å². The number of carbonyl (C=O) groups is 2. The lowest BCUT2D eigenvalue weighted by Gasteiger charge is -2.41. The van der Waals surface area contributed by atoms with Gasteiger partial charge in [0.1, 0.15) is 5.60 Å². The molecule has 7 heteroatoms. The Balaban J connectivity index is 2.26. The minimum absolute atomic E-state index is 0.0278. The molecular formula is C17H22BrClN2O3. The third kappa shape index (κ3) is 4.86. The molecule has 132 valence electrons. The molecule has 1 heterocycles. The number of halogens is 2. The zero-order valence-electron chi connectivity index (χ0n) is 14.3. The summed E-state index contributed by atoms with van der Waals surface area (Å²) in [6.45, 7) is 8.33. The van der Waals surface area contributed by atoms with Gasteiger partial charge < -0.3 is 14.5 Å². The van der Waals surface area contributed by atoms with Crippen LogP contribution in [0.5, 0.6) is 0 Å². The second-order valence-corrected chi connectivity index (χ2v) is 8.21. The lowest BCUT2D eigenvalue weighted by molar-refractivity contribution is -0.134. The van der Waals surface area contributed by atoms with Crippen LogP contribution in [0.15, 0.2) is 22.7 Å². The van der Waals surface area contributed by atoms with E-state index in [0.29, 0.717) is 24.7 Å². The Hall–Kier alpha value is -1.27. The first-order valence-corrected chi connectivity index (χ1v) is 8.95. The van der Waals surface area contributed by atoms with E-state index in [1.807, 2.05) is 32.9 Å². The van der Waals surface area contributed by atoms with E-state index in [1.54, 1.807) is 15.9 Å². The SMILES string of the molecule is CC(=O)N1CCN(C(=O)OC(C)(C)C)C[C@H]1c1cc(Cl)cc(Br)c1. The van der Waals surface area contributed by atoms with Gasteiger partial charge in [0, 0.05) is 36.1 Å². The van der Waals surface area contributed by atoms with E-state index in [0.717, 1.165) is 10.0 Å². The maximum atomic E-state index is 12.4. The lowest BCUT2D eigenvalue weighted by Crippen LogP contribution is -2.52. The van der Waals surface area contributed by atoms with E-state index in [4.69, 9.17) is 16.3 Å². The molecule has 0 aliphatic carbocycles. The molecule has 0 spiro atoms. The number of nitrogens with zero attached hydrogens (tertiary/aromatic N) is 2. The van der Waals surface area contributed by atoms with Crippen molar-refractivity contribution >= 4 is 39.5 Å². The van der Waals surface area contributed by atoms with Crippen LogP contribution in [-0.2, 0) is 9.53 Å². The zero-order valence-corrected chi connectivity index (χ0v) is 16.6. The van der Waals surface area contributed by atoms with Crippen LogP contribution in [-0.4, -0.2) is 47.0 Å². The molecule has 1 aliphatic heterocycles. The van der Waals surface area contributed by atoms with Crippen LogP contribution in [0, 0.1) is 0 Å². The standard InChI is InChI=1S/C17H22BrClN2O3/c1-11(22)21-6-5-20(16(23)24-17(2,3)4)10-15(21)12-7-13(18)9-14(19)8-12/h7-9,15H,5-6,10H2,1-4H3/t15-/m0/s1. The Morgan fingerprint density at radius 3 is 2.46 bits per heavy atom. The molecule has 1 fully saturated rings. The van der Waals surface area contributed by atoms with Gasteiger partial charge in [0.15, 0.2) is 0 Å². The maximum absolute atomic E-state index is 12.4. The van der Waals surface area contributed by atoms with Gasteiger partial charge >= 0.3 is 6.09 Å². The van der Waals surface area contributed by atoms with Gasteiger partial charge in [0.2, 0.25) is 5.91 Å². The van der Waals surface area contributed by atoms with Crippen molar-refractivity contribution < 1.29 is 14.3 Å². The van der Waals surface area contributed by atoms with Gasteiger partial charge in [-0.05, 0) is 44.5 Å². The number of hydrogen-bond acceptors (Lipinski definition) is 3. The lowest BCUT2D eigenvalue weighted by atomic mass is 10.0. The predicted octanol–water partition coefficient (Wildman–Crippen LogP) is 4.24. The minimum atomic E-state index is -0.552. The molecule has 1 aromatic rings. The van der Waals surface area contributed by atoms with Gasteiger partial charge in [-0.25, -0.2) is 4.79 Å². The summed E-state index contributed by atoms with van der Waals surface area (Å²) in [5, 5.41) is 0.581. The van der Waals surface area contributed by atoms with Crippen LogP contribution in [0.4, 0.5) is 4.79 Å². The van der Waals surface area contributed by atoms with Crippen LogP contribution in [0.3, 0.4) is 0 Å². The topological polar surface area (TPSA) is 49.9 Å². The fraction of sp³-hybridized carbons (Fsp3) is 0.529. The summed E-state index contributed by atoms with van der Waals surface area (Å²) >= 11 is 9.57. The third-order valence-electron chi connectivity index (χ3n) is 3.71. The number of ether oxygens (including phenoxy) is 1. The van der Waals surface area contributed by atoms with Crippen molar-refractivity contribution in [1.82, 2.24) is 9.80 Å². The molecule has 0 unspecified atom stereocenters. The Morgan fingerprint density at radius 1 is 1.25 bits per heavy atom. The molecule has 0 bridgehead atoms. The van der Waals surface area contributed by atoms with Crippen molar-refractivity contribution in [2.24, 2.45) is 0 Å². The van der Waals surface area contributed by atoms with E-state index in [9.17, 15) is 9.59 Å². The zero-order chi connectivity index (χ0) is 18.1. The molecular weight excluding hydrogens is 396 g/mol. The smallest absolute Gasteiger partial charge is 0.410 e. The molecule has 1 aliphatic rings. The fourth-order valence-electron chi connectivity index (χ4n) is 2.70. The van der Waals surface area contributed by atoms with Gasteiger partial charge in [-0.1, -0.05) is 27.5 Å². The second kappa shape index (κ2) is 7.31. The molecule has 2 rings (SSSR count). The monoisotopic (exact) mass is 416 g/mol. The van der Waals surface area contributed by atoms with E-state index in [2.05, 4.69) is 15.9 Å². The molecule has 1 atom stereocenters. The summed E-state index contributed by atoms with van der Waals surface area (Å²) in [7, 11) is 0. The molecule has 0 aromatic heterocycles. The average molecular weight is 418 g/mol. The Morgan fingerprint density at radius 2 is 1.92 bits per heavy atom. The summed E-state index contributed by atoms with van der Waals surface area (Å²) in [5.41, 5.74) is 0.335. The van der Waals surface area contributed by atoms with Gasteiger partial charge in [-0.2, -0.15) is 0 Å². The highest BCUT2D eigenvalue weighted by Gasteiger charge is 2.34. The van der Waals surface area contributed by atoms with Crippen LogP contribution in [0.1, 0.15) is 39.3 Å². The summed E-state index contributed by atoms with van der Waals surface area (Å²) < 4.78 is 6.29. The first kappa shape index (κ1) is 19.1. The van der Waals surface area contributed by atoms with E-state index < -0.39 is 5.60 Å². The molecule has 0 radical (unpaired) electrons. The van der Waals surface area contributed by atoms with E-state index >= 15 is 0 Å². The number of hydrogen-bond donors (Lipinski definition) is 0. The molecule has 5 nitrogen and oxygen atoms in total. The number of rotatable bonds is 1. The Kier molecular flexibility index (Phi) is 5.81. The summed E-state index contributed by atoms with van der Waals surface area (Å²) in [6.07, 6.45) is -0.364. The largest absolute Gasteiger partial charge is 0.444 e. The molecule has 0 saturated carbocycles. The Bertz CT molecular complexity index is 625. The molecule has 1 saturated heterocycles. The fourth-order valence-corrected chi connectivity index (χ4v) is 3.59. The van der Waals surface area contributed by atoms with Gasteiger partial charge in [-0.15, -0.1) is 0 Å². The van der Waals surface area contributed by atoms with Crippen molar-refractivity contribution in [3.8, 4) is 0 Å². The highest BCUT2D eigenvalue weighted by Crippen LogP contribution is 2.30. The van der Waals surface area contributed by atoms with Crippen molar-refractivity contribution in [2.75, 3.05) is 19.6 Å². The molecule has 1 aromatic carbocycles. The maximum Gasteiger partial charge on any atom is 0.410 e. The summed E-state index contributed by atoms with van der Waals surface area (Å²) in [4.78, 5) is 27.8. The van der Waals surface area contributed by atoms with Gasteiger partial charge in [0.25, 0.3) is 0 Å². The molecule has 0 N–H and O–H groups in total. The quantitative estimate of drug-likeness (QED) is 0.686. The highest BCUT2D eigenvalue weighted by atomic mass is 79.9. The van der Waals surface area contributed by atoms with Gasteiger partial charge in [-0.3, -0.25) is 4.79 Å². The van der Waals surface area contributed by atoms with Crippen LogP contribution in [0.25, 0.3) is 0 Å². The van der Waals surface area contributed by atoms with Crippen LogP contribution < -0.4 is 0 Å². The molecule has 2 amide bonds. The summed E-state index contributed by atoms with van der Waals surface area (Å²) in [6, 6.07) is 5.28. The Labute approximate surface area is 156 Å². The van der Waals surface area contributed by atoms with Gasteiger partial charge in [0.05, 0.1) is 6.04 Å². The van der Waals surface area contributed by atoms with Crippen molar-refractivity contribution in [3.05, 3.63) is 33.3 Å². The van der Waals surface area contributed by atoms with Crippen molar-refractivity contribution in [1.29, 1.82) is 0 Å². The molecule has 24 heavy (non-hydrogen) atoms.